The third kappa shape index (κ3) is 5.01. The van der Waals surface area contributed by atoms with Crippen LogP contribution in [0.5, 0.6) is 5.75 Å². The van der Waals surface area contributed by atoms with Gasteiger partial charge >= 0.3 is 0 Å². The smallest absolute Gasteiger partial charge is 0.291 e. The lowest BCUT2D eigenvalue weighted by Crippen LogP contribution is -2.17. The molecule has 6 nitrogen and oxygen atoms in total. The second kappa shape index (κ2) is 9.41. The van der Waals surface area contributed by atoms with Crippen molar-refractivity contribution in [1.82, 2.24) is 4.90 Å². The van der Waals surface area contributed by atoms with Crippen LogP contribution in [0, 0.1) is 0 Å². The number of anilines is 1. The minimum Gasteiger partial charge on any atom is -0.492 e. The van der Waals surface area contributed by atoms with E-state index in [0.29, 0.717) is 42.5 Å². The highest BCUT2D eigenvalue weighted by Gasteiger charge is 2.21. The molecule has 0 unspecified atom stereocenters. The summed E-state index contributed by atoms with van der Waals surface area (Å²) in [6, 6.07) is 14.9. The van der Waals surface area contributed by atoms with Crippen molar-refractivity contribution < 1.29 is 13.9 Å². The Morgan fingerprint density at radius 3 is 2.52 bits per heavy atom. The molecular weight excluding hydrogens is 366 g/mol. The van der Waals surface area contributed by atoms with Gasteiger partial charge in [0.25, 0.3) is 5.91 Å². The molecule has 27 heavy (non-hydrogen) atoms. The van der Waals surface area contributed by atoms with Gasteiger partial charge in [0.15, 0.2) is 5.76 Å². The summed E-state index contributed by atoms with van der Waals surface area (Å²) in [6.45, 7) is 1.53. The summed E-state index contributed by atoms with van der Waals surface area (Å²) in [5, 5.41) is 3.84. The zero-order valence-electron chi connectivity index (χ0n) is 15.4. The Hall–Kier alpha value is -2.54. The molecule has 0 fully saturated rings. The van der Waals surface area contributed by atoms with Crippen LogP contribution >= 0.6 is 12.4 Å². The van der Waals surface area contributed by atoms with Crippen molar-refractivity contribution in [2.24, 2.45) is 5.73 Å². The van der Waals surface area contributed by atoms with Gasteiger partial charge in [-0.05, 0) is 44.4 Å². The summed E-state index contributed by atoms with van der Waals surface area (Å²) >= 11 is 0. The SMILES string of the molecule is CN(C)Cc1c(C(=O)Nc2ccc(OCCN)cc2)oc2ccccc12.Cl. The van der Waals surface area contributed by atoms with Gasteiger partial charge < -0.3 is 25.1 Å². The maximum absolute atomic E-state index is 12.8. The number of furan rings is 1. The minimum atomic E-state index is -0.270. The largest absolute Gasteiger partial charge is 0.492 e. The number of nitrogens with two attached hydrogens (primary N) is 1. The van der Waals surface area contributed by atoms with Gasteiger partial charge in [-0.1, -0.05) is 18.2 Å². The van der Waals surface area contributed by atoms with Gasteiger partial charge in [-0.15, -0.1) is 12.4 Å². The second-order valence-corrected chi connectivity index (χ2v) is 6.26. The van der Waals surface area contributed by atoms with Gasteiger partial charge in [-0.3, -0.25) is 4.79 Å². The van der Waals surface area contributed by atoms with Crippen LogP contribution < -0.4 is 15.8 Å². The first-order valence-electron chi connectivity index (χ1n) is 8.48. The summed E-state index contributed by atoms with van der Waals surface area (Å²) in [5.74, 6) is 0.780. The molecule has 0 radical (unpaired) electrons. The Balaban J connectivity index is 0.00000261. The Labute approximate surface area is 164 Å². The van der Waals surface area contributed by atoms with Crippen molar-refractivity contribution >= 4 is 35.0 Å². The van der Waals surface area contributed by atoms with Crippen LogP contribution in [0.4, 0.5) is 5.69 Å². The summed E-state index contributed by atoms with van der Waals surface area (Å²) in [4.78, 5) is 14.8. The third-order valence-corrected chi connectivity index (χ3v) is 3.88. The van der Waals surface area contributed by atoms with Crippen LogP contribution in [-0.4, -0.2) is 38.1 Å². The van der Waals surface area contributed by atoms with Crippen molar-refractivity contribution in [3.8, 4) is 5.75 Å². The van der Waals surface area contributed by atoms with Crippen molar-refractivity contribution in [3.05, 3.63) is 59.9 Å². The summed E-state index contributed by atoms with van der Waals surface area (Å²) in [5.41, 5.74) is 7.68. The van der Waals surface area contributed by atoms with Crippen LogP contribution in [0.15, 0.2) is 52.9 Å². The number of nitrogens with zero attached hydrogens (tertiary/aromatic N) is 1. The number of nitrogens with one attached hydrogen (secondary N) is 1. The zero-order chi connectivity index (χ0) is 18.5. The first-order valence-corrected chi connectivity index (χ1v) is 8.48. The number of ether oxygens (including phenoxy) is 1. The van der Waals surface area contributed by atoms with E-state index in [9.17, 15) is 4.79 Å². The molecule has 2 aromatic carbocycles. The van der Waals surface area contributed by atoms with Gasteiger partial charge in [0.1, 0.15) is 17.9 Å². The number of hydrogen-bond acceptors (Lipinski definition) is 5. The first kappa shape index (κ1) is 20.8. The first-order chi connectivity index (χ1) is 12.6. The molecular formula is C20H24ClN3O3. The average molecular weight is 390 g/mol. The second-order valence-electron chi connectivity index (χ2n) is 6.26. The molecule has 1 heterocycles. The van der Waals surface area contributed by atoms with Gasteiger partial charge in [0.05, 0.1) is 0 Å². The lowest BCUT2D eigenvalue weighted by molar-refractivity contribution is 0.0996. The number of hydrogen-bond donors (Lipinski definition) is 2. The molecule has 1 amide bonds. The normalized spacial score (nSPS) is 10.7. The summed E-state index contributed by atoms with van der Waals surface area (Å²) < 4.78 is 11.3. The molecule has 3 rings (SSSR count). The van der Waals surface area contributed by atoms with E-state index in [2.05, 4.69) is 5.32 Å². The van der Waals surface area contributed by atoms with E-state index < -0.39 is 0 Å². The van der Waals surface area contributed by atoms with Crippen LogP contribution in [-0.2, 0) is 6.54 Å². The van der Waals surface area contributed by atoms with Crippen molar-refractivity contribution in [3.63, 3.8) is 0 Å². The van der Waals surface area contributed by atoms with Crippen LogP contribution in [0.1, 0.15) is 16.1 Å². The lowest BCUT2D eigenvalue weighted by Gasteiger charge is -2.11. The van der Waals surface area contributed by atoms with Crippen molar-refractivity contribution in [2.75, 3.05) is 32.6 Å². The highest BCUT2D eigenvalue weighted by Crippen LogP contribution is 2.27. The molecule has 3 N–H and O–H groups in total. The molecule has 0 bridgehead atoms. The monoisotopic (exact) mass is 389 g/mol. The molecule has 0 aliphatic carbocycles. The van der Waals surface area contributed by atoms with Crippen molar-refractivity contribution in [1.29, 1.82) is 0 Å². The predicted octanol–water partition coefficient (Wildman–Crippen LogP) is 3.51. The highest BCUT2D eigenvalue weighted by molar-refractivity contribution is 6.06. The van der Waals surface area contributed by atoms with E-state index in [0.717, 1.165) is 10.9 Å². The molecule has 3 aromatic rings. The molecule has 144 valence electrons. The van der Waals surface area contributed by atoms with E-state index in [1.165, 1.54) is 0 Å². The summed E-state index contributed by atoms with van der Waals surface area (Å²) in [7, 11) is 3.92. The number of benzene rings is 2. The molecule has 0 saturated carbocycles. The zero-order valence-corrected chi connectivity index (χ0v) is 16.2. The fourth-order valence-corrected chi connectivity index (χ4v) is 2.75. The van der Waals surface area contributed by atoms with E-state index >= 15 is 0 Å². The van der Waals surface area contributed by atoms with E-state index in [1.807, 2.05) is 43.3 Å². The third-order valence-electron chi connectivity index (χ3n) is 3.88. The number of para-hydroxylation sites is 1. The van der Waals surface area contributed by atoms with Gasteiger partial charge in [-0.25, -0.2) is 0 Å². The van der Waals surface area contributed by atoms with Gasteiger partial charge in [0, 0.05) is 29.7 Å². The van der Waals surface area contributed by atoms with Crippen LogP contribution in [0.3, 0.4) is 0 Å². The Morgan fingerprint density at radius 2 is 1.85 bits per heavy atom. The fourth-order valence-electron chi connectivity index (χ4n) is 2.75. The standard InChI is InChI=1S/C20H23N3O3.ClH/c1-23(2)13-17-16-5-3-4-6-18(16)26-19(17)20(24)22-14-7-9-15(10-8-14)25-12-11-21;/h3-10H,11-13,21H2,1-2H3,(H,22,24);1H. The number of fused-ring (bicyclic) bond motifs is 1. The Kier molecular flexibility index (Phi) is 7.24. The van der Waals surface area contributed by atoms with Crippen LogP contribution in [0.2, 0.25) is 0 Å². The average Bonchev–Trinajstić information content (AvgIpc) is 2.99. The molecule has 1 aromatic heterocycles. The number of carbonyl (C=O) groups excluding carboxylic acids is 1. The summed E-state index contributed by atoms with van der Waals surface area (Å²) in [6.07, 6.45) is 0. The van der Waals surface area contributed by atoms with E-state index in [1.54, 1.807) is 24.3 Å². The molecule has 0 atom stereocenters. The molecule has 7 heteroatoms. The van der Waals surface area contributed by atoms with E-state index in [-0.39, 0.29) is 18.3 Å². The maximum atomic E-state index is 12.8. The number of carbonyl (C=O) groups is 1. The topological polar surface area (TPSA) is 80.7 Å². The highest BCUT2D eigenvalue weighted by atomic mass is 35.5. The molecule has 0 saturated heterocycles. The maximum Gasteiger partial charge on any atom is 0.291 e. The molecule has 0 aliphatic heterocycles. The number of halogens is 1. The number of rotatable bonds is 7. The fraction of sp³-hybridized carbons (Fsp3) is 0.250. The predicted molar refractivity (Wildman–Crippen MR) is 110 cm³/mol. The molecule has 0 aliphatic rings. The lowest BCUT2D eigenvalue weighted by atomic mass is 10.1. The van der Waals surface area contributed by atoms with Crippen molar-refractivity contribution in [2.45, 2.75) is 6.54 Å². The minimum absolute atomic E-state index is 0. The Bertz CT molecular complexity index is 891. The van der Waals surface area contributed by atoms with E-state index in [4.69, 9.17) is 14.9 Å². The van der Waals surface area contributed by atoms with Gasteiger partial charge in [0.2, 0.25) is 0 Å². The quantitative estimate of drug-likeness (QED) is 0.646. The molecule has 0 spiro atoms. The van der Waals surface area contributed by atoms with Crippen LogP contribution in [0.25, 0.3) is 11.0 Å². The number of amides is 1. The Morgan fingerprint density at radius 1 is 1.15 bits per heavy atom. The van der Waals surface area contributed by atoms with Gasteiger partial charge in [-0.2, -0.15) is 0 Å².